The SMILES string of the molecule is C=C(CC)OCOP(O)O. The number of allylic oxidation sites excluding steroid dienone is 1. The van der Waals surface area contributed by atoms with Gasteiger partial charge >= 0.3 is 8.60 Å². The lowest BCUT2D eigenvalue weighted by Crippen LogP contribution is -1.94. The fraction of sp³-hybridized carbons (Fsp3) is 0.600. The molecule has 0 aliphatic heterocycles. The quantitative estimate of drug-likeness (QED) is 0.365. The zero-order valence-electron chi connectivity index (χ0n) is 5.78. The van der Waals surface area contributed by atoms with Crippen molar-refractivity contribution in [2.75, 3.05) is 6.79 Å². The molecule has 0 saturated heterocycles. The van der Waals surface area contributed by atoms with Gasteiger partial charge in [0.05, 0.1) is 5.76 Å². The van der Waals surface area contributed by atoms with Crippen molar-refractivity contribution < 1.29 is 19.0 Å². The number of ether oxygens (including phenoxy) is 1. The molecular formula is C5H11O4P. The van der Waals surface area contributed by atoms with E-state index in [4.69, 9.17) is 14.5 Å². The van der Waals surface area contributed by atoms with Crippen molar-refractivity contribution in [2.24, 2.45) is 0 Å². The van der Waals surface area contributed by atoms with Gasteiger partial charge in [0.25, 0.3) is 0 Å². The second-order valence-corrected chi connectivity index (χ2v) is 2.30. The molecule has 5 heteroatoms. The lowest BCUT2D eigenvalue weighted by atomic mass is 10.4. The smallest absolute Gasteiger partial charge is 0.330 e. The van der Waals surface area contributed by atoms with Gasteiger partial charge in [0.15, 0.2) is 6.79 Å². The second-order valence-electron chi connectivity index (χ2n) is 1.54. The highest BCUT2D eigenvalue weighted by Gasteiger charge is 1.98. The Hall–Kier alpha value is -0.150. The van der Waals surface area contributed by atoms with Gasteiger partial charge in [-0.15, -0.1) is 0 Å². The summed E-state index contributed by atoms with van der Waals surface area (Å²) in [6.07, 6.45) is 0.693. The van der Waals surface area contributed by atoms with Crippen LogP contribution in [-0.4, -0.2) is 16.6 Å². The molecule has 0 radical (unpaired) electrons. The predicted molar refractivity (Wildman–Crippen MR) is 37.8 cm³/mol. The maximum Gasteiger partial charge on any atom is 0.330 e. The molecule has 0 unspecified atom stereocenters. The summed E-state index contributed by atoms with van der Waals surface area (Å²) in [5, 5.41) is 0. The Bertz CT molecular complexity index is 104. The molecule has 0 fully saturated rings. The summed E-state index contributed by atoms with van der Waals surface area (Å²) in [4.78, 5) is 16.5. The fourth-order valence-corrected chi connectivity index (χ4v) is 0.406. The number of hydrogen-bond donors (Lipinski definition) is 2. The van der Waals surface area contributed by atoms with Gasteiger partial charge in [-0.25, -0.2) is 0 Å². The summed E-state index contributed by atoms with van der Waals surface area (Å²) in [6.45, 7) is 5.24. The molecule has 2 N–H and O–H groups in total. The Balaban J connectivity index is 3.12. The van der Waals surface area contributed by atoms with Gasteiger partial charge in [-0.05, 0) is 0 Å². The fourth-order valence-electron chi connectivity index (χ4n) is 0.259. The molecule has 0 spiro atoms. The van der Waals surface area contributed by atoms with Crippen LogP contribution < -0.4 is 0 Å². The summed E-state index contributed by atoms with van der Waals surface area (Å²) < 4.78 is 9.09. The molecule has 4 nitrogen and oxygen atoms in total. The molecule has 0 saturated carbocycles. The summed E-state index contributed by atoms with van der Waals surface area (Å²) in [6, 6.07) is 0. The van der Waals surface area contributed by atoms with E-state index < -0.39 is 8.60 Å². The van der Waals surface area contributed by atoms with E-state index in [0.717, 1.165) is 0 Å². The molecule has 0 aliphatic carbocycles. The van der Waals surface area contributed by atoms with Crippen LogP contribution in [0.4, 0.5) is 0 Å². The topological polar surface area (TPSA) is 58.9 Å². The first-order chi connectivity index (χ1) is 4.66. The summed E-state index contributed by atoms with van der Waals surface area (Å²) >= 11 is 0. The Labute approximate surface area is 61.1 Å². The van der Waals surface area contributed by atoms with Crippen LogP contribution in [0.1, 0.15) is 13.3 Å². The van der Waals surface area contributed by atoms with E-state index in [2.05, 4.69) is 11.1 Å². The molecule has 0 amide bonds. The molecule has 0 bridgehead atoms. The average Bonchev–Trinajstić information content (AvgIpc) is 1.87. The van der Waals surface area contributed by atoms with Crippen molar-refractivity contribution in [1.82, 2.24) is 0 Å². The Kier molecular flexibility index (Phi) is 5.54. The van der Waals surface area contributed by atoms with Crippen LogP contribution in [0, 0.1) is 0 Å². The van der Waals surface area contributed by atoms with Gasteiger partial charge in [-0.2, -0.15) is 0 Å². The van der Waals surface area contributed by atoms with Gasteiger partial charge in [0.2, 0.25) is 0 Å². The van der Waals surface area contributed by atoms with E-state index >= 15 is 0 Å². The van der Waals surface area contributed by atoms with Gasteiger partial charge < -0.3 is 14.5 Å². The van der Waals surface area contributed by atoms with E-state index in [-0.39, 0.29) is 6.79 Å². The summed E-state index contributed by atoms with van der Waals surface area (Å²) in [5.41, 5.74) is 0. The lowest BCUT2D eigenvalue weighted by molar-refractivity contribution is 0.0491. The van der Waals surface area contributed by atoms with Crippen LogP contribution in [0.25, 0.3) is 0 Å². The largest absolute Gasteiger partial charge is 0.472 e. The van der Waals surface area contributed by atoms with Gasteiger partial charge in [-0.1, -0.05) is 13.5 Å². The molecule has 0 aromatic heterocycles. The van der Waals surface area contributed by atoms with Crippen molar-refractivity contribution in [3.05, 3.63) is 12.3 Å². The van der Waals surface area contributed by atoms with Crippen molar-refractivity contribution in [3.8, 4) is 0 Å². The lowest BCUT2D eigenvalue weighted by Gasteiger charge is -2.06. The van der Waals surface area contributed by atoms with Crippen LogP contribution in [0.2, 0.25) is 0 Å². The first-order valence-corrected chi connectivity index (χ1v) is 3.94. The standard InChI is InChI=1S/C5H11O4P/c1-3-5(2)8-4-9-10(6)7/h6-7H,2-4H2,1H3. The minimum atomic E-state index is -2.30. The van der Waals surface area contributed by atoms with Crippen LogP contribution >= 0.6 is 8.60 Å². The second kappa shape index (κ2) is 5.62. The van der Waals surface area contributed by atoms with Crippen molar-refractivity contribution in [1.29, 1.82) is 0 Å². The molecule has 0 rings (SSSR count). The zero-order valence-corrected chi connectivity index (χ0v) is 6.67. The Morgan fingerprint density at radius 1 is 1.60 bits per heavy atom. The zero-order chi connectivity index (χ0) is 7.98. The molecule has 0 aliphatic rings. The van der Waals surface area contributed by atoms with Crippen LogP contribution in [0.15, 0.2) is 12.3 Å². The van der Waals surface area contributed by atoms with Crippen LogP contribution in [0.5, 0.6) is 0 Å². The van der Waals surface area contributed by atoms with E-state index in [1.807, 2.05) is 6.92 Å². The van der Waals surface area contributed by atoms with Crippen molar-refractivity contribution in [3.63, 3.8) is 0 Å². The molecule has 10 heavy (non-hydrogen) atoms. The minimum Gasteiger partial charge on any atom is -0.472 e. The van der Waals surface area contributed by atoms with Crippen LogP contribution in [-0.2, 0) is 9.26 Å². The highest BCUT2D eigenvalue weighted by atomic mass is 31.2. The van der Waals surface area contributed by atoms with Crippen molar-refractivity contribution >= 4 is 8.60 Å². The predicted octanol–water partition coefficient (Wildman–Crippen LogP) is 1.11. The highest BCUT2D eigenvalue weighted by molar-refractivity contribution is 7.39. The minimum absolute atomic E-state index is 0.147. The first kappa shape index (κ1) is 9.85. The normalized spacial score (nSPS) is 10.0. The van der Waals surface area contributed by atoms with E-state index in [1.165, 1.54) is 0 Å². The maximum atomic E-state index is 8.23. The van der Waals surface area contributed by atoms with E-state index in [0.29, 0.717) is 12.2 Å². The maximum absolute atomic E-state index is 8.23. The molecule has 60 valence electrons. The average molecular weight is 166 g/mol. The molecular weight excluding hydrogens is 155 g/mol. The number of rotatable bonds is 5. The molecule has 0 atom stereocenters. The monoisotopic (exact) mass is 166 g/mol. The Morgan fingerprint density at radius 3 is 2.60 bits per heavy atom. The third-order valence-corrected chi connectivity index (χ3v) is 1.16. The number of hydrogen-bond acceptors (Lipinski definition) is 4. The van der Waals surface area contributed by atoms with Gasteiger partial charge in [0, 0.05) is 6.42 Å². The summed E-state index contributed by atoms with van der Waals surface area (Å²) in [5.74, 6) is 0.567. The van der Waals surface area contributed by atoms with Crippen LogP contribution in [0.3, 0.4) is 0 Å². The molecule has 0 aromatic carbocycles. The van der Waals surface area contributed by atoms with E-state index in [1.54, 1.807) is 0 Å². The first-order valence-electron chi connectivity index (χ1n) is 2.78. The van der Waals surface area contributed by atoms with Gasteiger partial charge in [0.1, 0.15) is 0 Å². The van der Waals surface area contributed by atoms with E-state index in [9.17, 15) is 0 Å². The van der Waals surface area contributed by atoms with Crippen molar-refractivity contribution in [2.45, 2.75) is 13.3 Å². The molecule has 0 aromatic rings. The highest BCUT2D eigenvalue weighted by Crippen LogP contribution is 2.24. The Morgan fingerprint density at radius 2 is 2.20 bits per heavy atom. The third kappa shape index (κ3) is 5.98. The molecule has 0 heterocycles. The summed E-state index contributed by atoms with van der Waals surface area (Å²) in [7, 11) is -2.30. The third-order valence-electron chi connectivity index (χ3n) is 0.826. The van der Waals surface area contributed by atoms with Gasteiger partial charge in [-0.3, -0.25) is 4.52 Å².